The van der Waals surface area contributed by atoms with E-state index in [0.717, 1.165) is 37.4 Å². The molecule has 1 aromatic carbocycles. The fourth-order valence-corrected chi connectivity index (χ4v) is 2.99. The van der Waals surface area contributed by atoms with Gasteiger partial charge < -0.3 is 10.1 Å². The van der Waals surface area contributed by atoms with Crippen LogP contribution in [0.4, 0.5) is 0 Å². The summed E-state index contributed by atoms with van der Waals surface area (Å²) in [5.74, 6) is 1.53. The van der Waals surface area contributed by atoms with Crippen LogP contribution in [0.5, 0.6) is 5.75 Å². The molecule has 1 N–H and O–H groups in total. The van der Waals surface area contributed by atoms with Crippen LogP contribution < -0.4 is 10.1 Å². The number of nitrogens with zero attached hydrogens (tertiary/aromatic N) is 2. The maximum Gasteiger partial charge on any atom is 0.122 e. The summed E-state index contributed by atoms with van der Waals surface area (Å²) < 4.78 is 5.75. The Morgan fingerprint density at radius 3 is 3.05 bits per heavy atom. The number of rotatable bonds is 5. The average molecular weight is 283 g/mol. The van der Waals surface area contributed by atoms with E-state index in [9.17, 15) is 0 Å². The van der Waals surface area contributed by atoms with Crippen LogP contribution in [0.15, 0.2) is 42.9 Å². The molecule has 3 rings (SSSR count). The highest BCUT2D eigenvalue weighted by Gasteiger charge is 2.25. The Labute approximate surface area is 125 Å². The zero-order chi connectivity index (χ0) is 14.5. The molecule has 21 heavy (non-hydrogen) atoms. The summed E-state index contributed by atoms with van der Waals surface area (Å²) in [6, 6.07) is 8.60. The lowest BCUT2D eigenvalue weighted by molar-refractivity contribution is 0.255. The normalized spacial score (nSPS) is 18.6. The highest BCUT2D eigenvalue weighted by atomic mass is 16.5. The molecule has 1 aliphatic heterocycles. The van der Waals surface area contributed by atoms with Crippen molar-refractivity contribution in [2.75, 3.05) is 13.2 Å². The monoisotopic (exact) mass is 283 g/mol. The van der Waals surface area contributed by atoms with Crippen molar-refractivity contribution >= 4 is 0 Å². The summed E-state index contributed by atoms with van der Waals surface area (Å²) in [7, 11) is 0. The third-order valence-electron chi connectivity index (χ3n) is 3.99. The van der Waals surface area contributed by atoms with Gasteiger partial charge in [-0.25, -0.2) is 0 Å². The lowest BCUT2D eigenvalue weighted by Gasteiger charge is -2.29. The number of aromatic nitrogens is 2. The molecule has 2 heterocycles. The van der Waals surface area contributed by atoms with E-state index >= 15 is 0 Å². The predicted octanol–water partition coefficient (Wildman–Crippen LogP) is 3.08. The second-order valence-electron chi connectivity index (χ2n) is 5.35. The van der Waals surface area contributed by atoms with E-state index in [-0.39, 0.29) is 6.04 Å². The largest absolute Gasteiger partial charge is 0.493 e. The van der Waals surface area contributed by atoms with Crippen molar-refractivity contribution in [3.05, 3.63) is 54.1 Å². The van der Waals surface area contributed by atoms with E-state index < -0.39 is 0 Å². The Morgan fingerprint density at radius 2 is 2.24 bits per heavy atom. The maximum atomic E-state index is 5.75. The Hall–Kier alpha value is -1.94. The Morgan fingerprint density at radius 1 is 1.33 bits per heavy atom. The molecular formula is C17H21N3O. The molecule has 1 aliphatic rings. The molecule has 1 aromatic heterocycles. The first-order valence-electron chi connectivity index (χ1n) is 7.59. The van der Waals surface area contributed by atoms with E-state index in [2.05, 4.69) is 40.4 Å². The van der Waals surface area contributed by atoms with Crippen molar-refractivity contribution in [2.45, 2.75) is 31.7 Å². The fourth-order valence-electron chi connectivity index (χ4n) is 2.99. The van der Waals surface area contributed by atoms with Gasteiger partial charge in [0.05, 0.1) is 18.3 Å². The van der Waals surface area contributed by atoms with Gasteiger partial charge in [-0.3, -0.25) is 9.97 Å². The molecular weight excluding hydrogens is 262 g/mol. The number of fused-ring (bicyclic) bond motifs is 1. The molecule has 0 bridgehead atoms. The first-order chi connectivity index (χ1) is 10.4. The van der Waals surface area contributed by atoms with Gasteiger partial charge in [0.15, 0.2) is 0 Å². The zero-order valence-corrected chi connectivity index (χ0v) is 12.3. The summed E-state index contributed by atoms with van der Waals surface area (Å²) in [4.78, 5) is 8.66. The molecule has 2 aromatic rings. The third kappa shape index (κ3) is 3.22. The standard InChI is InChI=1S/C17H21N3O/c1-2-19-15(16-12-18-8-9-20-16)11-13-7-10-21-17-6-4-3-5-14(13)17/h3-6,8-9,12-13,15,19H,2,7,10-11H2,1H3. The van der Waals surface area contributed by atoms with E-state index in [4.69, 9.17) is 4.74 Å². The molecule has 0 radical (unpaired) electrons. The predicted molar refractivity (Wildman–Crippen MR) is 82.4 cm³/mol. The van der Waals surface area contributed by atoms with Crippen molar-refractivity contribution < 1.29 is 4.74 Å². The Balaban J connectivity index is 1.81. The van der Waals surface area contributed by atoms with Gasteiger partial charge in [-0.2, -0.15) is 0 Å². The first-order valence-corrected chi connectivity index (χ1v) is 7.59. The van der Waals surface area contributed by atoms with Gasteiger partial charge in [0.1, 0.15) is 5.75 Å². The smallest absolute Gasteiger partial charge is 0.122 e. The fraction of sp³-hybridized carbons (Fsp3) is 0.412. The van der Waals surface area contributed by atoms with Crippen LogP contribution in [-0.2, 0) is 0 Å². The van der Waals surface area contributed by atoms with Crippen molar-refractivity contribution in [3.63, 3.8) is 0 Å². The summed E-state index contributed by atoms with van der Waals surface area (Å²) in [5, 5.41) is 3.53. The molecule has 2 unspecified atom stereocenters. The summed E-state index contributed by atoms with van der Waals surface area (Å²) in [5.41, 5.74) is 2.33. The molecule has 0 saturated carbocycles. The molecule has 4 heteroatoms. The minimum absolute atomic E-state index is 0.236. The minimum atomic E-state index is 0.236. The zero-order valence-electron chi connectivity index (χ0n) is 12.3. The topological polar surface area (TPSA) is 47.0 Å². The second-order valence-corrected chi connectivity index (χ2v) is 5.35. The molecule has 110 valence electrons. The van der Waals surface area contributed by atoms with Crippen LogP contribution in [0.1, 0.15) is 43.0 Å². The molecule has 0 fully saturated rings. The van der Waals surface area contributed by atoms with Crippen molar-refractivity contribution in [2.24, 2.45) is 0 Å². The number of benzene rings is 1. The van der Waals surface area contributed by atoms with E-state index in [0.29, 0.717) is 5.92 Å². The van der Waals surface area contributed by atoms with Gasteiger partial charge in [0, 0.05) is 18.6 Å². The minimum Gasteiger partial charge on any atom is -0.493 e. The second kappa shape index (κ2) is 6.68. The molecule has 0 aliphatic carbocycles. The van der Waals surface area contributed by atoms with Gasteiger partial charge in [0.2, 0.25) is 0 Å². The highest BCUT2D eigenvalue weighted by molar-refractivity contribution is 5.38. The highest BCUT2D eigenvalue weighted by Crippen LogP contribution is 2.38. The van der Waals surface area contributed by atoms with Crippen LogP contribution in [0.2, 0.25) is 0 Å². The van der Waals surface area contributed by atoms with Crippen LogP contribution in [0.25, 0.3) is 0 Å². The summed E-state index contributed by atoms with van der Waals surface area (Å²) in [6.45, 7) is 3.84. The van der Waals surface area contributed by atoms with Gasteiger partial charge in [-0.05, 0) is 36.9 Å². The van der Waals surface area contributed by atoms with Gasteiger partial charge >= 0.3 is 0 Å². The Bertz CT molecular complexity index is 573. The SMILES string of the molecule is CCNC(CC1CCOc2ccccc21)c1cnccn1. The van der Waals surface area contributed by atoms with Crippen LogP contribution in [0.3, 0.4) is 0 Å². The van der Waals surface area contributed by atoms with Gasteiger partial charge in [-0.15, -0.1) is 0 Å². The molecule has 0 amide bonds. The van der Waals surface area contributed by atoms with E-state index in [1.807, 2.05) is 12.3 Å². The van der Waals surface area contributed by atoms with Crippen molar-refractivity contribution in [1.29, 1.82) is 0 Å². The molecule has 0 saturated heterocycles. The van der Waals surface area contributed by atoms with Crippen molar-refractivity contribution in [3.8, 4) is 5.75 Å². The quantitative estimate of drug-likeness (QED) is 0.916. The number of para-hydroxylation sites is 1. The molecule has 0 spiro atoms. The number of nitrogens with one attached hydrogen (secondary N) is 1. The third-order valence-corrected chi connectivity index (χ3v) is 3.99. The van der Waals surface area contributed by atoms with Crippen LogP contribution in [-0.4, -0.2) is 23.1 Å². The maximum absolute atomic E-state index is 5.75. The lowest BCUT2D eigenvalue weighted by atomic mass is 9.86. The van der Waals surface area contributed by atoms with Gasteiger partial charge in [-0.1, -0.05) is 25.1 Å². The Kier molecular flexibility index (Phi) is 4.46. The van der Waals surface area contributed by atoms with E-state index in [1.165, 1.54) is 5.56 Å². The van der Waals surface area contributed by atoms with Crippen molar-refractivity contribution in [1.82, 2.24) is 15.3 Å². The molecule has 2 atom stereocenters. The lowest BCUT2D eigenvalue weighted by Crippen LogP contribution is -2.26. The average Bonchev–Trinajstić information content (AvgIpc) is 2.55. The summed E-state index contributed by atoms with van der Waals surface area (Å²) >= 11 is 0. The van der Waals surface area contributed by atoms with E-state index in [1.54, 1.807) is 12.4 Å². The van der Waals surface area contributed by atoms with Crippen LogP contribution >= 0.6 is 0 Å². The number of ether oxygens (including phenoxy) is 1. The molecule has 4 nitrogen and oxygen atoms in total. The number of hydrogen-bond donors (Lipinski definition) is 1. The van der Waals surface area contributed by atoms with Crippen LogP contribution in [0, 0.1) is 0 Å². The summed E-state index contributed by atoms with van der Waals surface area (Å²) in [6.07, 6.45) is 7.42. The van der Waals surface area contributed by atoms with Gasteiger partial charge in [0.25, 0.3) is 0 Å². The number of hydrogen-bond acceptors (Lipinski definition) is 4. The first kappa shape index (κ1) is 14.0.